The Labute approximate surface area is 205 Å². The van der Waals surface area contributed by atoms with Crippen molar-refractivity contribution in [3.8, 4) is 17.1 Å². The number of aryl methyl sites for hydroxylation is 1. The Hall–Kier alpha value is -4.29. The molecule has 0 fully saturated rings. The Morgan fingerprint density at radius 2 is 1.71 bits per heavy atom. The third-order valence-corrected chi connectivity index (χ3v) is 5.58. The van der Waals surface area contributed by atoms with Crippen LogP contribution in [0.15, 0.2) is 91.5 Å². The number of carbonyl (C=O) groups excluding carboxylic acids is 1. The summed E-state index contributed by atoms with van der Waals surface area (Å²) in [6.45, 7) is 6.67. The fourth-order valence-corrected chi connectivity index (χ4v) is 3.73. The van der Waals surface area contributed by atoms with Crippen LogP contribution >= 0.6 is 0 Å². The van der Waals surface area contributed by atoms with Crippen molar-refractivity contribution < 1.29 is 15.3 Å². The van der Waals surface area contributed by atoms with Gasteiger partial charge in [-0.05, 0) is 55.3 Å². The molecule has 35 heavy (non-hydrogen) atoms. The zero-order chi connectivity index (χ0) is 24.6. The van der Waals surface area contributed by atoms with E-state index in [1.807, 2.05) is 79.7 Å². The van der Waals surface area contributed by atoms with Crippen LogP contribution in [0, 0.1) is 6.92 Å². The number of ether oxygens (including phenoxy) is 1. The first-order valence-corrected chi connectivity index (χ1v) is 11.6. The van der Waals surface area contributed by atoms with Gasteiger partial charge in [-0.25, -0.2) is 14.8 Å². The van der Waals surface area contributed by atoms with Gasteiger partial charge in [-0.15, -0.1) is 6.58 Å². The van der Waals surface area contributed by atoms with Crippen molar-refractivity contribution in [2.24, 2.45) is 0 Å². The van der Waals surface area contributed by atoms with E-state index < -0.39 is 5.97 Å². The average Bonchev–Trinajstić information content (AvgIpc) is 2.88. The largest absolute Gasteiger partial charge is 0.423 e. The minimum Gasteiger partial charge on any atom is -0.423 e. The number of hydrogen-bond donors (Lipinski definition) is 2. The Bertz CT molecular complexity index is 1300. The summed E-state index contributed by atoms with van der Waals surface area (Å²) in [7, 11) is 0. The molecule has 1 aromatic heterocycles. The van der Waals surface area contributed by atoms with Crippen LogP contribution in [-0.4, -0.2) is 22.5 Å². The van der Waals surface area contributed by atoms with Gasteiger partial charge < -0.3 is 15.8 Å². The Balaban J connectivity index is 1.52. The Morgan fingerprint density at radius 3 is 2.37 bits per heavy atom. The number of esters is 1. The molecule has 1 heterocycles. The minimum absolute atomic E-state index is 0.405. The van der Waals surface area contributed by atoms with Crippen molar-refractivity contribution in [3.63, 3.8) is 0 Å². The minimum atomic E-state index is -0.405. The molecule has 0 amide bonds. The number of carbonyl (C=O) groups is 1. The summed E-state index contributed by atoms with van der Waals surface area (Å²) in [6.07, 6.45) is 3.38. The lowest BCUT2D eigenvalue weighted by Gasteiger charge is -2.14. The van der Waals surface area contributed by atoms with E-state index in [0.717, 1.165) is 35.5 Å². The highest BCUT2D eigenvalue weighted by molar-refractivity contribution is 5.91. The molecule has 0 bridgehead atoms. The Morgan fingerprint density at radius 1 is 1.00 bits per heavy atom. The van der Waals surface area contributed by atoms with Crippen molar-refractivity contribution >= 4 is 17.5 Å². The highest BCUT2D eigenvalue weighted by atomic mass is 16.5. The van der Waals surface area contributed by atoms with Crippen molar-refractivity contribution in [1.82, 2.24) is 9.97 Å². The number of aromatic nitrogens is 2. The molecule has 0 aliphatic heterocycles. The number of nitrogens with one attached hydrogen (secondary N) is 1. The van der Waals surface area contributed by atoms with E-state index in [0.29, 0.717) is 29.4 Å². The summed E-state index contributed by atoms with van der Waals surface area (Å²) in [4.78, 5) is 22.1. The van der Waals surface area contributed by atoms with E-state index in [-0.39, 0.29) is 0 Å². The van der Waals surface area contributed by atoms with Gasteiger partial charge in [0.25, 0.3) is 0 Å². The molecule has 4 N–H and O–H groups in total. The average molecular weight is 466 g/mol. The lowest BCUT2D eigenvalue weighted by molar-refractivity contribution is -0.366. The van der Waals surface area contributed by atoms with E-state index in [1.54, 1.807) is 12.1 Å². The van der Waals surface area contributed by atoms with E-state index in [4.69, 9.17) is 14.7 Å². The van der Waals surface area contributed by atoms with Gasteiger partial charge in [0.2, 0.25) is 0 Å². The van der Waals surface area contributed by atoms with Crippen LogP contribution in [0.4, 0.5) is 11.5 Å². The molecule has 6 nitrogen and oxygen atoms in total. The van der Waals surface area contributed by atoms with Gasteiger partial charge in [0.05, 0.1) is 12.1 Å². The molecule has 0 saturated heterocycles. The van der Waals surface area contributed by atoms with Gasteiger partial charge in [-0.2, -0.15) is 0 Å². The van der Waals surface area contributed by atoms with Crippen molar-refractivity contribution in [2.45, 2.75) is 19.8 Å². The molecule has 3 aromatic carbocycles. The fourth-order valence-electron chi connectivity index (χ4n) is 3.73. The molecular formula is C29H29N4O2+. The molecule has 4 rings (SSSR count). The van der Waals surface area contributed by atoms with Crippen LogP contribution in [-0.2, 0) is 12.8 Å². The van der Waals surface area contributed by atoms with Gasteiger partial charge in [0.15, 0.2) is 5.82 Å². The second-order valence-corrected chi connectivity index (χ2v) is 8.16. The standard InChI is InChI=1S/C29H28N4O2/c1-3-7-26-20(2)31-27(22-8-5-4-6-9-22)33-28(26)32-24-14-12-23(13-15-24)29(34)35-25-16-10-21(11-17-25)18-19-30/h3-6,8-17H,1,7,18-19,30H2,2H3,(H,31,32,33)/p+1. The molecule has 0 aliphatic rings. The fraction of sp³-hybridized carbons (Fsp3) is 0.138. The van der Waals surface area contributed by atoms with E-state index in [9.17, 15) is 4.79 Å². The number of quaternary nitrogens is 1. The summed E-state index contributed by atoms with van der Waals surface area (Å²) in [6, 6.07) is 24.5. The summed E-state index contributed by atoms with van der Waals surface area (Å²) < 4.78 is 5.52. The predicted molar refractivity (Wildman–Crippen MR) is 139 cm³/mol. The third-order valence-electron chi connectivity index (χ3n) is 5.58. The lowest BCUT2D eigenvalue weighted by atomic mass is 10.1. The zero-order valence-corrected chi connectivity index (χ0v) is 19.8. The molecule has 6 heteroatoms. The first-order chi connectivity index (χ1) is 17.1. The van der Waals surface area contributed by atoms with Crippen LogP contribution in [0.3, 0.4) is 0 Å². The van der Waals surface area contributed by atoms with Crippen LogP contribution in [0.25, 0.3) is 11.4 Å². The quantitative estimate of drug-likeness (QED) is 0.208. The monoisotopic (exact) mass is 465 g/mol. The molecule has 176 valence electrons. The lowest BCUT2D eigenvalue weighted by Crippen LogP contribution is -2.51. The normalized spacial score (nSPS) is 10.6. The van der Waals surface area contributed by atoms with Gasteiger partial charge >= 0.3 is 5.97 Å². The molecule has 0 aliphatic carbocycles. The Kier molecular flexibility index (Phi) is 7.65. The number of hydrogen-bond acceptors (Lipinski definition) is 5. The molecule has 4 aromatic rings. The number of anilines is 2. The smallest absolute Gasteiger partial charge is 0.343 e. The SMILES string of the molecule is C=CCc1c(C)nc(-c2ccccc2)nc1Nc1ccc(C(=O)Oc2ccc(CC[NH3+])cc2)cc1. The van der Waals surface area contributed by atoms with Gasteiger partial charge in [-0.1, -0.05) is 48.5 Å². The van der Waals surface area contributed by atoms with Crippen LogP contribution in [0.5, 0.6) is 5.75 Å². The molecule has 0 unspecified atom stereocenters. The maximum absolute atomic E-state index is 12.6. The van der Waals surface area contributed by atoms with Crippen LogP contribution in [0.2, 0.25) is 0 Å². The predicted octanol–water partition coefficient (Wildman–Crippen LogP) is 4.93. The number of rotatable bonds is 9. The highest BCUT2D eigenvalue weighted by Crippen LogP contribution is 2.26. The van der Waals surface area contributed by atoms with Gasteiger partial charge in [-0.3, -0.25) is 0 Å². The van der Waals surface area contributed by atoms with Gasteiger partial charge in [0, 0.05) is 28.9 Å². The summed E-state index contributed by atoms with van der Waals surface area (Å²) in [5.41, 5.74) is 9.11. The van der Waals surface area contributed by atoms with E-state index >= 15 is 0 Å². The highest BCUT2D eigenvalue weighted by Gasteiger charge is 2.14. The summed E-state index contributed by atoms with van der Waals surface area (Å²) in [5, 5.41) is 3.39. The topological polar surface area (TPSA) is 91.8 Å². The summed E-state index contributed by atoms with van der Waals surface area (Å²) >= 11 is 0. The molecule has 0 spiro atoms. The van der Waals surface area contributed by atoms with Crippen molar-refractivity contribution in [2.75, 3.05) is 11.9 Å². The molecular weight excluding hydrogens is 436 g/mol. The third kappa shape index (κ3) is 5.99. The van der Waals surface area contributed by atoms with Crippen molar-refractivity contribution in [3.05, 3.63) is 114 Å². The van der Waals surface area contributed by atoms with E-state index in [1.165, 1.54) is 5.56 Å². The number of benzene rings is 3. The maximum atomic E-state index is 12.6. The molecule has 0 radical (unpaired) electrons. The molecule has 0 atom stereocenters. The van der Waals surface area contributed by atoms with Crippen LogP contribution in [0.1, 0.15) is 27.2 Å². The molecule has 0 saturated carbocycles. The first-order valence-electron chi connectivity index (χ1n) is 11.6. The van der Waals surface area contributed by atoms with Crippen LogP contribution < -0.4 is 15.8 Å². The first kappa shape index (κ1) is 23.9. The van der Waals surface area contributed by atoms with E-state index in [2.05, 4.69) is 17.6 Å². The second-order valence-electron chi connectivity index (χ2n) is 8.16. The maximum Gasteiger partial charge on any atom is 0.343 e. The zero-order valence-electron chi connectivity index (χ0n) is 19.8. The summed E-state index contributed by atoms with van der Waals surface area (Å²) in [5.74, 6) is 1.48. The number of allylic oxidation sites excluding steroid dienone is 1. The second kappa shape index (κ2) is 11.2. The van der Waals surface area contributed by atoms with Gasteiger partial charge in [0.1, 0.15) is 11.6 Å². The number of nitrogens with zero attached hydrogens (tertiary/aromatic N) is 2. The van der Waals surface area contributed by atoms with Crippen molar-refractivity contribution in [1.29, 1.82) is 0 Å².